The highest BCUT2D eigenvalue weighted by Gasteiger charge is 2.52. The Morgan fingerprint density at radius 3 is 2.00 bits per heavy atom. The largest absolute Gasteiger partial charge is 0.291 e. The maximum atomic E-state index is 14.0. The lowest BCUT2D eigenvalue weighted by atomic mass is 9.69. The molecule has 5 heteroatoms. The van der Waals surface area contributed by atoms with Crippen molar-refractivity contribution in [3.63, 3.8) is 0 Å². The number of hydrogen-bond donors (Lipinski definition) is 1. The van der Waals surface area contributed by atoms with Gasteiger partial charge in [0.05, 0.1) is 0 Å². The number of ketones is 1. The number of Topliss-reactive ketones (excluding diaryl/α,β-unsaturated/α-hetero) is 1. The molecule has 0 unspecified atom stereocenters. The quantitative estimate of drug-likeness (QED) is 0.516. The van der Waals surface area contributed by atoms with Crippen molar-refractivity contribution in [1.82, 2.24) is 5.43 Å². The third-order valence-corrected chi connectivity index (χ3v) is 6.05. The Labute approximate surface area is 173 Å². The van der Waals surface area contributed by atoms with Crippen molar-refractivity contribution in [2.75, 3.05) is 6.26 Å². The van der Waals surface area contributed by atoms with Gasteiger partial charge in [-0.3, -0.25) is 10.2 Å². The minimum Gasteiger partial charge on any atom is -0.291 e. The molecule has 0 saturated heterocycles. The van der Waals surface area contributed by atoms with Crippen molar-refractivity contribution >= 4 is 39.8 Å². The van der Waals surface area contributed by atoms with E-state index in [2.05, 4.69) is 10.5 Å². The molecule has 0 fully saturated rings. The van der Waals surface area contributed by atoms with Gasteiger partial charge in [-0.25, -0.2) is 0 Å². The third-order valence-electron chi connectivity index (χ3n) is 5.00. The van der Waals surface area contributed by atoms with E-state index >= 15 is 0 Å². The number of nitrogens with zero attached hydrogens (tertiary/aromatic N) is 1. The average Bonchev–Trinajstić information content (AvgIpc) is 3.01. The molecular formula is C23H18N2OS2. The molecule has 0 bridgehead atoms. The Morgan fingerprint density at radius 1 is 0.893 bits per heavy atom. The summed E-state index contributed by atoms with van der Waals surface area (Å²) in [6.45, 7) is 0. The number of rotatable bonds is 3. The molecule has 0 spiro atoms. The predicted octanol–water partition coefficient (Wildman–Crippen LogP) is 4.55. The van der Waals surface area contributed by atoms with Crippen LogP contribution in [0.1, 0.15) is 22.3 Å². The summed E-state index contributed by atoms with van der Waals surface area (Å²) in [7, 11) is 0. The van der Waals surface area contributed by atoms with Crippen LogP contribution in [0.15, 0.2) is 90.0 Å². The fourth-order valence-corrected chi connectivity index (χ4v) is 4.00. The van der Waals surface area contributed by atoms with E-state index in [1.54, 1.807) is 0 Å². The minimum absolute atomic E-state index is 0.0532. The van der Waals surface area contributed by atoms with Gasteiger partial charge in [-0.15, -0.1) is 0 Å². The van der Waals surface area contributed by atoms with E-state index in [-0.39, 0.29) is 5.78 Å². The summed E-state index contributed by atoms with van der Waals surface area (Å²) < 4.78 is 0.523. The van der Waals surface area contributed by atoms with Crippen molar-refractivity contribution in [2.24, 2.45) is 5.10 Å². The van der Waals surface area contributed by atoms with E-state index in [0.717, 1.165) is 22.3 Å². The number of hydrazone groups is 1. The molecule has 3 aromatic carbocycles. The van der Waals surface area contributed by atoms with E-state index < -0.39 is 5.41 Å². The molecule has 0 aliphatic heterocycles. The molecule has 1 aliphatic carbocycles. The number of fused-ring (bicyclic) bond motifs is 1. The molecule has 0 saturated carbocycles. The fourth-order valence-electron chi connectivity index (χ4n) is 3.81. The topological polar surface area (TPSA) is 41.5 Å². The van der Waals surface area contributed by atoms with Crippen LogP contribution in [0.2, 0.25) is 0 Å². The van der Waals surface area contributed by atoms with Gasteiger partial charge in [0.25, 0.3) is 0 Å². The zero-order valence-electron chi connectivity index (χ0n) is 15.3. The van der Waals surface area contributed by atoms with Gasteiger partial charge in [-0.2, -0.15) is 5.10 Å². The fraction of sp³-hybridized carbons (Fsp3) is 0.0870. The molecule has 3 nitrogen and oxygen atoms in total. The van der Waals surface area contributed by atoms with Crippen molar-refractivity contribution < 1.29 is 4.79 Å². The summed E-state index contributed by atoms with van der Waals surface area (Å²) in [5.41, 5.74) is 5.94. The van der Waals surface area contributed by atoms with Gasteiger partial charge in [0.2, 0.25) is 5.78 Å². The van der Waals surface area contributed by atoms with E-state index in [4.69, 9.17) is 12.2 Å². The molecule has 28 heavy (non-hydrogen) atoms. The zero-order valence-corrected chi connectivity index (χ0v) is 16.9. The summed E-state index contributed by atoms with van der Waals surface area (Å²) in [5.74, 6) is -0.0532. The van der Waals surface area contributed by atoms with Crippen LogP contribution >= 0.6 is 24.0 Å². The highest BCUT2D eigenvalue weighted by atomic mass is 32.2. The molecule has 0 heterocycles. The van der Waals surface area contributed by atoms with E-state index in [1.165, 1.54) is 11.8 Å². The highest BCUT2D eigenvalue weighted by Crippen LogP contribution is 2.46. The summed E-state index contributed by atoms with van der Waals surface area (Å²) >= 11 is 6.59. The van der Waals surface area contributed by atoms with Crippen LogP contribution in [0.5, 0.6) is 0 Å². The standard InChI is InChI=1S/C23H18N2OS2/c1-28-22(27)25-24-20-18-14-8-9-15-19(18)23(21(20)26,16-10-4-2-5-11-16)17-12-6-3-7-13-17/h2-15H,1H3,(H,25,27)/b24-20+. The molecule has 1 N–H and O–H groups in total. The third kappa shape index (κ3) is 2.87. The highest BCUT2D eigenvalue weighted by molar-refractivity contribution is 8.22. The molecule has 4 rings (SSSR count). The van der Waals surface area contributed by atoms with E-state index in [0.29, 0.717) is 10.0 Å². The lowest BCUT2D eigenvalue weighted by Gasteiger charge is -2.29. The number of carbonyl (C=O) groups excluding carboxylic acids is 1. The molecule has 0 radical (unpaired) electrons. The first-order valence-corrected chi connectivity index (χ1v) is 10.5. The van der Waals surface area contributed by atoms with E-state index in [1.807, 2.05) is 91.2 Å². The van der Waals surface area contributed by atoms with Gasteiger partial charge < -0.3 is 0 Å². The lowest BCUT2D eigenvalue weighted by molar-refractivity contribution is -0.115. The smallest absolute Gasteiger partial charge is 0.202 e. The molecule has 138 valence electrons. The summed E-state index contributed by atoms with van der Waals surface area (Å²) in [4.78, 5) is 14.0. The SMILES string of the molecule is CSC(=S)N/N=C1/C(=O)C(c2ccccc2)(c2ccccc2)c2ccccc21. The monoisotopic (exact) mass is 402 g/mol. The normalized spacial score (nSPS) is 16.0. The Hall–Kier alpha value is -2.76. The van der Waals surface area contributed by atoms with Crippen LogP contribution in [-0.2, 0) is 10.2 Å². The molecule has 3 aromatic rings. The van der Waals surface area contributed by atoms with Gasteiger partial charge in [0, 0.05) is 5.56 Å². The van der Waals surface area contributed by atoms with Crippen molar-refractivity contribution in [1.29, 1.82) is 0 Å². The van der Waals surface area contributed by atoms with Crippen molar-refractivity contribution in [3.05, 3.63) is 107 Å². The van der Waals surface area contributed by atoms with Crippen LogP contribution in [-0.4, -0.2) is 22.1 Å². The molecule has 1 aliphatic rings. The average molecular weight is 403 g/mol. The van der Waals surface area contributed by atoms with Crippen LogP contribution in [0, 0.1) is 0 Å². The predicted molar refractivity (Wildman–Crippen MR) is 120 cm³/mol. The first-order chi connectivity index (χ1) is 13.7. The van der Waals surface area contributed by atoms with Crippen molar-refractivity contribution in [3.8, 4) is 0 Å². The number of benzene rings is 3. The summed E-state index contributed by atoms with van der Waals surface area (Å²) in [6.07, 6.45) is 1.87. The van der Waals surface area contributed by atoms with Crippen LogP contribution < -0.4 is 5.43 Å². The number of thiocarbonyl (C=S) groups is 1. The van der Waals surface area contributed by atoms with Gasteiger partial charge >= 0.3 is 0 Å². The second kappa shape index (κ2) is 7.70. The Balaban J connectivity index is 2.02. The Kier molecular flexibility index (Phi) is 5.11. The van der Waals surface area contributed by atoms with Gasteiger partial charge in [-0.05, 0) is 22.9 Å². The number of nitrogens with one attached hydrogen (secondary N) is 1. The second-order valence-electron chi connectivity index (χ2n) is 6.42. The number of hydrogen-bond acceptors (Lipinski definition) is 4. The van der Waals surface area contributed by atoms with Crippen LogP contribution in [0.4, 0.5) is 0 Å². The number of carbonyl (C=O) groups is 1. The molecule has 0 aromatic heterocycles. The zero-order chi connectivity index (χ0) is 19.6. The molecule has 0 amide bonds. The second-order valence-corrected chi connectivity index (χ2v) is 7.90. The van der Waals surface area contributed by atoms with Crippen molar-refractivity contribution in [2.45, 2.75) is 5.41 Å². The first-order valence-electron chi connectivity index (χ1n) is 8.87. The minimum atomic E-state index is -0.930. The van der Waals surface area contributed by atoms with Crippen LogP contribution in [0.25, 0.3) is 0 Å². The Bertz CT molecular complexity index is 1020. The molecule has 0 atom stereocenters. The first kappa shape index (κ1) is 18.6. The molecular weight excluding hydrogens is 384 g/mol. The van der Waals surface area contributed by atoms with E-state index in [9.17, 15) is 4.79 Å². The summed E-state index contributed by atoms with van der Waals surface area (Å²) in [5, 5.41) is 4.42. The number of thioether (sulfide) groups is 1. The maximum Gasteiger partial charge on any atom is 0.202 e. The lowest BCUT2D eigenvalue weighted by Crippen LogP contribution is -2.37. The van der Waals surface area contributed by atoms with Gasteiger partial charge in [0.15, 0.2) is 4.32 Å². The summed E-state index contributed by atoms with van der Waals surface area (Å²) in [6, 6.07) is 27.7. The van der Waals surface area contributed by atoms with Gasteiger partial charge in [-0.1, -0.05) is 109 Å². The maximum absolute atomic E-state index is 14.0. The van der Waals surface area contributed by atoms with Gasteiger partial charge in [0.1, 0.15) is 11.1 Å². The Morgan fingerprint density at radius 2 is 1.43 bits per heavy atom. The van der Waals surface area contributed by atoms with Crippen LogP contribution in [0.3, 0.4) is 0 Å².